The molecule has 0 bridgehead atoms. The van der Waals surface area contributed by atoms with Gasteiger partial charge in [0.15, 0.2) is 0 Å². The van der Waals surface area contributed by atoms with Crippen molar-refractivity contribution in [2.24, 2.45) is 0 Å². The van der Waals surface area contributed by atoms with Crippen LogP contribution in [0.1, 0.15) is 38.5 Å². The Kier molecular flexibility index (Phi) is 6.59. The molecular formula is C15H26N4O3S. The summed E-state index contributed by atoms with van der Waals surface area (Å²) >= 11 is 0. The van der Waals surface area contributed by atoms with Crippen molar-refractivity contribution in [1.82, 2.24) is 19.2 Å². The Balaban J connectivity index is 1.78. The molecule has 1 aliphatic carbocycles. The molecule has 0 radical (unpaired) electrons. The number of hydrogen-bond acceptors (Lipinski definition) is 4. The van der Waals surface area contributed by atoms with Crippen molar-refractivity contribution in [3.8, 4) is 0 Å². The van der Waals surface area contributed by atoms with Crippen molar-refractivity contribution in [3.63, 3.8) is 0 Å². The number of aromatic nitrogens is 2. The Morgan fingerprint density at radius 1 is 1.35 bits per heavy atom. The lowest BCUT2D eigenvalue weighted by Gasteiger charge is -2.31. The molecule has 1 heterocycles. The van der Waals surface area contributed by atoms with E-state index < -0.39 is 10.0 Å². The fourth-order valence-electron chi connectivity index (χ4n) is 2.99. The number of rotatable bonds is 8. The maximum atomic E-state index is 12.1. The predicted molar refractivity (Wildman–Crippen MR) is 88.3 cm³/mol. The van der Waals surface area contributed by atoms with Crippen LogP contribution in [0.4, 0.5) is 0 Å². The first-order valence-corrected chi connectivity index (χ1v) is 10.0. The summed E-state index contributed by atoms with van der Waals surface area (Å²) in [6, 6.07) is -0.0320. The number of nitrogens with zero attached hydrogens (tertiary/aromatic N) is 3. The van der Waals surface area contributed by atoms with Gasteiger partial charge in [0.2, 0.25) is 15.9 Å². The maximum absolute atomic E-state index is 12.1. The maximum Gasteiger partial charge on any atom is 0.235 e. The molecule has 2 rings (SSSR count). The van der Waals surface area contributed by atoms with Gasteiger partial charge in [0.1, 0.15) is 0 Å². The molecule has 23 heavy (non-hydrogen) atoms. The van der Waals surface area contributed by atoms with Crippen molar-refractivity contribution < 1.29 is 13.2 Å². The zero-order valence-electron chi connectivity index (χ0n) is 13.6. The topological polar surface area (TPSA) is 84.3 Å². The quantitative estimate of drug-likeness (QED) is 0.714. The van der Waals surface area contributed by atoms with Crippen LogP contribution in [0, 0.1) is 0 Å². The summed E-state index contributed by atoms with van der Waals surface area (Å²) in [5, 5.41) is 2.81. The molecule has 1 fully saturated rings. The first-order valence-electron chi connectivity index (χ1n) is 8.16. The third-order valence-electron chi connectivity index (χ3n) is 4.18. The van der Waals surface area contributed by atoms with E-state index in [4.69, 9.17) is 0 Å². The minimum atomic E-state index is -3.37. The summed E-state index contributed by atoms with van der Waals surface area (Å²) in [6.45, 7) is 1.23. The summed E-state index contributed by atoms with van der Waals surface area (Å²) in [7, 11) is -3.37. The highest BCUT2D eigenvalue weighted by Crippen LogP contribution is 2.24. The van der Waals surface area contributed by atoms with Crippen molar-refractivity contribution in [2.45, 2.75) is 51.1 Å². The summed E-state index contributed by atoms with van der Waals surface area (Å²) in [6.07, 6.45) is 12.2. The zero-order valence-corrected chi connectivity index (χ0v) is 14.5. The Labute approximate surface area is 138 Å². The molecule has 0 aromatic carbocycles. The lowest BCUT2D eigenvalue weighted by Crippen LogP contribution is -2.46. The van der Waals surface area contributed by atoms with E-state index in [2.05, 4.69) is 10.3 Å². The van der Waals surface area contributed by atoms with Crippen molar-refractivity contribution in [1.29, 1.82) is 0 Å². The number of carbonyl (C=O) groups excluding carboxylic acids is 1. The highest BCUT2D eigenvalue weighted by molar-refractivity contribution is 7.88. The number of hydrogen-bond donors (Lipinski definition) is 1. The highest BCUT2D eigenvalue weighted by Gasteiger charge is 2.29. The average molecular weight is 342 g/mol. The number of sulfonamides is 1. The monoisotopic (exact) mass is 342 g/mol. The number of amides is 1. The molecule has 1 aromatic rings. The molecule has 0 aliphatic heterocycles. The molecule has 1 saturated carbocycles. The normalized spacial score (nSPS) is 16.6. The first kappa shape index (κ1) is 17.9. The second-order valence-corrected chi connectivity index (χ2v) is 8.04. The molecule has 0 spiro atoms. The Morgan fingerprint density at radius 2 is 2.09 bits per heavy atom. The molecule has 1 aromatic heterocycles. The van der Waals surface area contributed by atoms with Crippen LogP contribution in [0.15, 0.2) is 18.7 Å². The molecule has 0 saturated heterocycles. The molecule has 1 amide bonds. The van der Waals surface area contributed by atoms with Crippen LogP contribution in [0.2, 0.25) is 0 Å². The fraction of sp³-hybridized carbons (Fsp3) is 0.733. The molecule has 1 aliphatic rings. The van der Waals surface area contributed by atoms with Crippen LogP contribution in [-0.4, -0.2) is 53.6 Å². The van der Waals surface area contributed by atoms with Gasteiger partial charge in [0, 0.05) is 31.5 Å². The predicted octanol–water partition coefficient (Wildman–Crippen LogP) is 0.984. The van der Waals surface area contributed by atoms with Crippen molar-refractivity contribution >= 4 is 15.9 Å². The van der Waals surface area contributed by atoms with Gasteiger partial charge in [-0.05, 0) is 19.3 Å². The third kappa shape index (κ3) is 5.95. The van der Waals surface area contributed by atoms with Gasteiger partial charge in [-0.2, -0.15) is 4.31 Å². The van der Waals surface area contributed by atoms with Gasteiger partial charge in [-0.15, -0.1) is 0 Å². The number of carbonyl (C=O) groups is 1. The summed E-state index contributed by atoms with van der Waals surface area (Å²) in [4.78, 5) is 16.0. The Hall–Kier alpha value is -1.41. The van der Waals surface area contributed by atoms with Gasteiger partial charge in [-0.1, -0.05) is 19.3 Å². The van der Waals surface area contributed by atoms with Crippen LogP contribution >= 0.6 is 0 Å². The lowest BCUT2D eigenvalue weighted by atomic mass is 9.95. The van der Waals surface area contributed by atoms with E-state index in [1.54, 1.807) is 12.5 Å². The molecule has 0 atom stereocenters. The minimum Gasteiger partial charge on any atom is -0.355 e. The Morgan fingerprint density at radius 3 is 2.70 bits per heavy atom. The van der Waals surface area contributed by atoms with Gasteiger partial charge in [-0.3, -0.25) is 4.79 Å². The minimum absolute atomic E-state index is 0.0320. The number of aryl methyl sites for hydroxylation is 1. The van der Waals surface area contributed by atoms with Crippen LogP contribution in [-0.2, 0) is 21.4 Å². The standard InChI is InChI=1S/C15H26N4O3S/c1-23(21,22)19(14-6-3-2-4-7-14)12-15(20)17-8-5-10-18-11-9-16-13-18/h9,11,13-14H,2-8,10,12H2,1H3,(H,17,20). The molecule has 7 nitrogen and oxygen atoms in total. The van der Waals surface area contributed by atoms with Gasteiger partial charge >= 0.3 is 0 Å². The Bertz CT molecular complexity index is 580. The van der Waals surface area contributed by atoms with E-state index in [1.165, 1.54) is 10.6 Å². The van der Waals surface area contributed by atoms with E-state index in [1.807, 2.05) is 10.8 Å². The molecular weight excluding hydrogens is 316 g/mol. The zero-order chi connectivity index (χ0) is 16.7. The van der Waals surface area contributed by atoms with Gasteiger partial charge < -0.3 is 9.88 Å². The molecule has 1 N–H and O–H groups in total. The van der Waals surface area contributed by atoms with Gasteiger partial charge in [-0.25, -0.2) is 13.4 Å². The van der Waals surface area contributed by atoms with E-state index in [-0.39, 0.29) is 18.5 Å². The number of imidazole rings is 1. The van der Waals surface area contributed by atoms with Crippen LogP contribution in [0.3, 0.4) is 0 Å². The highest BCUT2D eigenvalue weighted by atomic mass is 32.2. The largest absolute Gasteiger partial charge is 0.355 e. The first-order chi connectivity index (χ1) is 11.0. The molecule has 130 valence electrons. The summed E-state index contributed by atoms with van der Waals surface area (Å²) in [5.41, 5.74) is 0. The molecule has 0 unspecified atom stereocenters. The van der Waals surface area contributed by atoms with Crippen LogP contribution in [0.25, 0.3) is 0 Å². The summed E-state index contributed by atoms with van der Waals surface area (Å²) in [5.74, 6) is -0.230. The van der Waals surface area contributed by atoms with Gasteiger partial charge in [0.05, 0.1) is 19.1 Å². The van der Waals surface area contributed by atoms with Crippen molar-refractivity contribution in [3.05, 3.63) is 18.7 Å². The second-order valence-electron chi connectivity index (χ2n) is 6.10. The fourth-order valence-corrected chi connectivity index (χ4v) is 4.10. The number of nitrogens with one attached hydrogen (secondary N) is 1. The molecule has 8 heteroatoms. The van der Waals surface area contributed by atoms with E-state index >= 15 is 0 Å². The van der Waals surface area contributed by atoms with E-state index in [0.29, 0.717) is 6.54 Å². The van der Waals surface area contributed by atoms with Gasteiger partial charge in [0.25, 0.3) is 0 Å². The summed E-state index contributed by atoms with van der Waals surface area (Å²) < 4.78 is 27.3. The van der Waals surface area contributed by atoms with Crippen LogP contribution in [0.5, 0.6) is 0 Å². The smallest absolute Gasteiger partial charge is 0.235 e. The van der Waals surface area contributed by atoms with Crippen LogP contribution < -0.4 is 5.32 Å². The van der Waals surface area contributed by atoms with Crippen molar-refractivity contribution in [2.75, 3.05) is 19.3 Å². The lowest BCUT2D eigenvalue weighted by molar-refractivity contribution is -0.121. The van der Waals surface area contributed by atoms with E-state index in [9.17, 15) is 13.2 Å². The second kappa shape index (κ2) is 8.44. The third-order valence-corrected chi connectivity index (χ3v) is 5.46. The SMILES string of the molecule is CS(=O)(=O)N(CC(=O)NCCCn1ccnc1)C1CCCCC1. The van der Waals surface area contributed by atoms with E-state index in [0.717, 1.165) is 45.1 Å². The average Bonchev–Trinajstić information content (AvgIpc) is 3.02.